The van der Waals surface area contributed by atoms with E-state index < -0.39 is 30.4 Å². The van der Waals surface area contributed by atoms with E-state index in [0.29, 0.717) is 28.6 Å². The first-order valence-corrected chi connectivity index (χ1v) is 12.0. The molecule has 10 heteroatoms. The predicted octanol–water partition coefficient (Wildman–Crippen LogP) is 4.88. The van der Waals surface area contributed by atoms with Gasteiger partial charge in [-0.15, -0.1) is 0 Å². The number of amides is 2. The summed E-state index contributed by atoms with van der Waals surface area (Å²) in [6, 6.07) is 11.0. The highest BCUT2D eigenvalue weighted by Gasteiger charge is 2.36. The summed E-state index contributed by atoms with van der Waals surface area (Å²) < 4.78 is 10.3. The van der Waals surface area contributed by atoms with Gasteiger partial charge in [-0.3, -0.25) is 14.4 Å². The topological polar surface area (TPSA) is 102 Å². The van der Waals surface area contributed by atoms with Gasteiger partial charge in [-0.1, -0.05) is 43.0 Å². The lowest BCUT2D eigenvalue weighted by molar-refractivity contribution is -0.151. The number of carbonyl (C=O) groups is 4. The van der Waals surface area contributed by atoms with E-state index in [1.807, 2.05) is 0 Å². The molecule has 0 saturated carbocycles. The Bertz CT molecular complexity index is 1090. The van der Waals surface area contributed by atoms with Gasteiger partial charge in [0.1, 0.15) is 0 Å². The fourth-order valence-electron chi connectivity index (χ4n) is 3.52. The molecular formula is C25H26Cl2N2O6. The third-order valence-corrected chi connectivity index (χ3v) is 5.95. The van der Waals surface area contributed by atoms with Crippen molar-refractivity contribution < 1.29 is 28.7 Å². The summed E-state index contributed by atoms with van der Waals surface area (Å²) in [5, 5.41) is 3.22. The van der Waals surface area contributed by atoms with Crippen molar-refractivity contribution >= 4 is 58.3 Å². The number of benzene rings is 2. The number of unbranched alkanes of at least 4 members (excludes halogenated alkanes) is 2. The van der Waals surface area contributed by atoms with Crippen molar-refractivity contribution in [2.24, 2.45) is 5.92 Å². The normalized spacial score (nSPS) is 15.1. The van der Waals surface area contributed by atoms with Crippen molar-refractivity contribution in [3.05, 3.63) is 58.1 Å². The molecule has 0 aliphatic carbocycles. The number of halogens is 2. The molecule has 1 fully saturated rings. The molecule has 0 bridgehead atoms. The number of hydrogen-bond donors (Lipinski definition) is 1. The number of ether oxygens (including phenoxy) is 2. The molecule has 0 unspecified atom stereocenters. The number of rotatable bonds is 10. The third-order valence-electron chi connectivity index (χ3n) is 5.40. The van der Waals surface area contributed by atoms with Crippen LogP contribution < -0.4 is 10.2 Å². The standard InChI is InChI=1S/C25H26Cl2N2O6/c1-2-3-4-11-34-24(32)16-5-8-19(9-6-16)29-14-17(12-23(29)31)25(33)35-15-22(30)28-21-10-7-18(26)13-20(21)27/h5-10,13,17H,2-4,11-12,14-15H2,1H3,(H,28,30)/t17-/m1/s1. The molecule has 3 rings (SSSR count). The summed E-state index contributed by atoms with van der Waals surface area (Å²) in [6.45, 7) is 2.04. The Morgan fingerprint density at radius 2 is 1.80 bits per heavy atom. The predicted molar refractivity (Wildman–Crippen MR) is 133 cm³/mol. The summed E-state index contributed by atoms with van der Waals surface area (Å²) in [5.41, 5.74) is 1.29. The van der Waals surface area contributed by atoms with Crippen LogP contribution in [0.1, 0.15) is 43.0 Å². The largest absolute Gasteiger partial charge is 0.462 e. The third kappa shape index (κ3) is 7.44. The van der Waals surface area contributed by atoms with Crippen LogP contribution in [0.5, 0.6) is 0 Å². The maximum absolute atomic E-state index is 12.5. The highest BCUT2D eigenvalue weighted by atomic mass is 35.5. The summed E-state index contributed by atoms with van der Waals surface area (Å²) in [4.78, 5) is 50.6. The Kier molecular flexibility index (Phi) is 9.51. The van der Waals surface area contributed by atoms with Gasteiger partial charge in [0.25, 0.3) is 5.91 Å². The second-order valence-corrected chi connectivity index (χ2v) is 8.92. The molecule has 8 nitrogen and oxygen atoms in total. The number of anilines is 2. The van der Waals surface area contributed by atoms with E-state index in [0.717, 1.165) is 19.3 Å². The Morgan fingerprint density at radius 1 is 1.06 bits per heavy atom. The van der Waals surface area contributed by atoms with Crippen LogP contribution in [0, 0.1) is 5.92 Å². The Hall–Kier alpha value is -3.10. The van der Waals surface area contributed by atoms with Crippen LogP contribution >= 0.6 is 23.2 Å². The summed E-state index contributed by atoms with van der Waals surface area (Å²) in [6.07, 6.45) is 2.81. The summed E-state index contributed by atoms with van der Waals surface area (Å²) in [7, 11) is 0. The van der Waals surface area contributed by atoms with Crippen molar-refractivity contribution in [1.29, 1.82) is 0 Å². The van der Waals surface area contributed by atoms with E-state index in [-0.39, 0.29) is 23.9 Å². The first kappa shape index (κ1) is 26.5. The van der Waals surface area contributed by atoms with Gasteiger partial charge in [0.15, 0.2) is 6.61 Å². The van der Waals surface area contributed by atoms with Gasteiger partial charge in [0.2, 0.25) is 5.91 Å². The van der Waals surface area contributed by atoms with Crippen LogP contribution in [0.15, 0.2) is 42.5 Å². The van der Waals surface area contributed by atoms with Crippen molar-refractivity contribution in [3.8, 4) is 0 Å². The maximum Gasteiger partial charge on any atom is 0.338 e. The quantitative estimate of drug-likeness (QED) is 0.354. The van der Waals surface area contributed by atoms with E-state index in [1.54, 1.807) is 30.3 Å². The number of esters is 2. The lowest BCUT2D eigenvalue weighted by Gasteiger charge is -2.17. The molecule has 2 aromatic rings. The lowest BCUT2D eigenvalue weighted by Crippen LogP contribution is -2.28. The molecule has 1 aliphatic rings. The van der Waals surface area contributed by atoms with Crippen LogP contribution in [0.3, 0.4) is 0 Å². The smallest absolute Gasteiger partial charge is 0.338 e. The number of hydrogen-bond acceptors (Lipinski definition) is 6. The second-order valence-electron chi connectivity index (χ2n) is 8.08. The van der Waals surface area contributed by atoms with Crippen molar-refractivity contribution in [2.45, 2.75) is 32.6 Å². The minimum absolute atomic E-state index is 0.0370. The number of nitrogens with one attached hydrogen (secondary N) is 1. The number of carbonyl (C=O) groups excluding carboxylic acids is 4. The first-order valence-electron chi connectivity index (χ1n) is 11.3. The molecule has 1 saturated heterocycles. The Labute approximate surface area is 213 Å². The molecule has 1 atom stereocenters. The molecule has 2 amide bonds. The van der Waals surface area contributed by atoms with E-state index in [1.165, 1.54) is 17.0 Å². The van der Waals surface area contributed by atoms with Gasteiger partial charge in [-0.2, -0.15) is 0 Å². The zero-order valence-corrected chi connectivity index (χ0v) is 20.7. The minimum Gasteiger partial charge on any atom is -0.462 e. The zero-order valence-electron chi connectivity index (χ0n) is 19.2. The van der Waals surface area contributed by atoms with E-state index in [4.69, 9.17) is 32.7 Å². The molecule has 0 aromatic heterocycles. The van der Waals surface area contributed by atoms with Gasteiger partial charge in [-0.25, -0.2) is 4.79 Å². The van der Waals surface area contributed by atoms with Gasteiger partial charge in [-0.05, 0) is 48.9 Å². The molecule has 0 spiro atoms. The SMILES string of the molecule is CCCCCOC(=O)c1ccc(N2C[C@H](C(=O)OCC(=O)Nc3ccc(Cl)cc3Cl)CC2=O)cc1. The lowest BCUT2D eigenvalue weighted by atomic mass is 10.1. The average Bonchev–Trinajstić information content (AvgIpc) is 3.23. The van der Waals surface area contributed by atoms with Crippen molar-refractivity contribution in [1.82, 2.24) is 0 Å². The van der Waals surface area contributed by atoms with Gasteiger partial charge < -0.3 is 19.7 Å². The maximum atomic E-state index is 12.5. The van der Waals surface area contributed by atoms with Gasteiger partial charge >= 0.3 is 11.9 Å². The Morgan fingerprint density at radius 3 is 2.49 bits per heavy atom. The highest BCUT2D eigenvalue weighted by Crippen LogP contribution is 2.27. The fraction of sp³-hybridized carbons (Fsp3) is 0.360. The van der Waals surface area contributed by atoms with Crippen molar-refractivity contribution in [3.63, 3.8) is 0 Å². The van der Waals surface area contributed by atoms with E-state index in [9.17, 15) is 19.2 Å². The van der Waals surface area contributed by atoms with E-state index in [2.05, 4.69) is 12.2 Å². The van der Waals surface area contributed by atoms with Crippen LogP contribution in [-0.2, 0) is 23.9 Å². The molecule has 2 aromatic carbocycles. The Balaban J connectivity index is 1.49. The molecule has 186 valence electrons. The van der Waals surface area contributed by atoms with Gasteiger partial charge in [0.05, 0.1) is 28.8 Å². The molecule has 1 heterocycles. The monoisotopic (exact) mass is 520 g/mol. The first-order chi connectivity index (χ1) is 16.8. The summed E-state index contributed by atoms with van der Waals surface area (Å²) in [5.74, 6) is -2.59. The highest BCUT2D eigenvalue weighted by molar-refractivity contribution is 6.36. The molecular weight excluding hydrogens is 495 g/mol. The van der Waals surface area contributed by atoms with Crippen LogP contribution in [-0.4, -0.2) is 43.5 Å². The van der Waals surface area contributed by atoms with E-state index >= 15 is 0 Å². The van der Waals surface area contributed by atoms with Crippen molar-refractivity contribution in [2.75, 3.05) is 30.0 Å². The van der Waals surface area contributed by atoms with Crippen LogP contribution in [0.4, 0.5) is 11.4 Å². The average molecular weight is 521 g/mol. The zero-order chi connectivity index (χ0) is 25.4. The number of nitrogens with zero attached hydrogens (tertiary/aromatic N) is 1. The van der Waals surface area contributed by atoms with Crippen LogP contribution in [0.2, 0.25) is 10.0 Å². The molecule has 35 heavy (non-hydrogen) atoms. The van der Waals surface area contributed by atoms with Gasteiger partial charge in [0, 0.05) is 23.7 Å². The fourth-order valence-corrected chi connectivity index (χ4v) is 3.98. The minimum atomic E-state index is -0.711. The second kappa shape index (κ2) is 12.6. The molecule has 1 aliphatic heterocycles. The molecule has 0 radical (unpaired) electrons. The molecule has 1 N–H and O–H groups in total. The van der Waals surface area contributed by atoms with Crippen LogP contribution in [0.25, 0.3) is 0 Å². The summed E-state index contributed by atoms with van der Waals surface area (Å²) >= 11 is 11.8.